The molecule has 0 spiro atoms. The Balaban J connectivity index is 2.25. The maximum absolute atomic E-state index is 11.4. The molecule has 1 rings (SSSR count). The molecule has 4 heteroatoms. The molecule has 0 aromatic heterocycles. The molecular formula is C9H18N2O2. The van der Waals surface area contributed by atoms with E-state index in [1.54, 1.807) is 0 Å². The van der Waals surface area contributed by atoms with Gasteiger partial charge in [-0.1, -0.05) is 6.92 Å². The third kappa shape index (κ3) is 2.97. The smallest absolute Gasteiger partial charge is 0.249 e. The number of amides is 1. The molecule has 0 aromatic carbocycles. The van der Waals surface area contributed by atoms with Gasteiger partial charge in [-0.2, -0.15) is 0 Å². The highest BCUT2D eigenvalue weighted by Gasteiger charge is 2.29. The van der Waals surface area contributed by atoms with Crippen molar-refractivity contribution in [1.29, 1.82) is 0 Å². The van der Waals surface area contributed by atoms with E-state index in [0.29, 0.717) is 6.54 Å². The first-order valence-electron chi connectivity index (χ1n) is 4.91. The van der Waals surface area contributed by atoms with Gasteiger partial charge in [-0.3, -0.25) is 4.79 Å². The molecule has 1 amide bonds. The zero-order chi connectivity index (χ0) is 9.68. The van der Waals surface area contributed by atoms with Crippen LogP contribution >= 0.6 is 0 Å². The molecule has 1 aliphatic rings. The maximum Gasteiger partial charge on any atom is 0.249 e. The van der Waals surface area contributed by atoms with Crippen LogP contribution in [-0.4, -0.2) is 31.2 Å². The predicted octanol–water partition coefficient (Wildman–Crippen LogP) is 0.0189. The van der Waals surface area contributed by atoms with Crippen LogP contribution in [0.1, 0.15) is 26.2 Å². The molecule has 1 saturated heterocycles. The van der Waals surface area contributed by atoms with Crippen molar-refractivity contribution >= 4 is 5.91 Å². The van der Waals surface area contributed by atoms with Crippen LogP contribution in [0, 0.1) is 0 Å². The summed E-state index contributed by atoms with van der Waals surface area (Å²) in [4.78, 5) is 11.4. The zero-order valence-electron chi connectivity index (χ0n) is 8.08. The molecule has 2 unspecified atom stereocenters. The SMILES string of the molecule is CCCNC(=O)C1CCC(CN)O1. The summed E-state index contributed by atoms with van der Waals surface area (Å²) >= 11 is 0. The number of nitrogens with two attached hydrogens (primary N) is 1. The largest absolute Gasteiger partial charge is 0.364 e. The highest BCUT2D eigenvalue weighted by molar-refractivity contribution is 5.80. The number of carbonyl (C=O) groups excluding carboxylic acids is 1. The summed E-state index contributed by atoms with van der Waals surface area (Å²) < 4.78 is 5.43. The Hall–Kier alpha value is -0.610. The van der Waals surface area contributed by atoms with Gasteiger partial charge >= 0.3 is 0 Å². The molecule has 1 aliphatic heterocycles. The van der Waals surface area contributed by atoms with Crippen molar-refractivity contribution in [3.63, 3.8) is 0 Å². The van der Waals surface area contributed by atoms with Gasteiger partial charge in [0.05, 0.1) is 6.10 Å². The van der Waals surface area contributed by atoms with Crippen molar-refractivity contribution in [3.05, 3.63) is 0 Å². The molecule has 0 aromatic rings. The Morgan fingerprint density at radius 2 is 2.38 bits per heavy atom. The Bertz CT molecular complexity index is 173. The lowest BCUT2D eigenvalue weighted by atomic mass is 10.2. The number of hydrogen-bond donors (Lipinski definition) is 2. The summed E-state index contributed by atoms with van der Waals surface area (Å²) in [7, 11) is 0. The van der Waals surface area contributed by atoms with E-state index in [2.05, 4.69) is 5.32 Å². The molecule has 0 radical (unpaired) electrons. The second kappa shape index (κ2) is 5.19. The monoisotopic (exact) mass is 186 g/mol. The van der Waals surface area contributed by atoms with Crippen LogP contribution in [0.25, 0.3) is 0 Å². The molecule has 4 nitrogen and oxygen atoms in total. The third-order valence-electron chi connectivity index (χ3n) is 2.21. The van der Waals surface area contributed by atoms with E-state index in [1.165, 1.54) is 0 Å². The van der Waals surface area contributed by atoms with Gasteiger partial charge in [0, 0.05) is 13.1 Å². The Labute approximate surface area is 78.8 Å². The van der Waals surface area contributed by atoms with E-state index in [4.69, 9.17) is 10.5 Å². The van der Waals surface area contributed by atoms with Crippen LogP contribution in [-0.2, 0) is 9.53 Å². The van der Waals surface area contributed by atoms with Gasteiger partial charge in [0.25, 0.3) is 0 Å². The summed E-state index contributed by atoms with van der Waals surface area (Å²) in [5.41, 5.74) is 5.44. The van der Waals surface area contributed by atoms with Gasteiger partial charge in [0.1, 0.15) is 6.10 Å². The fourth-order valence-corrected chi connectivity index (χ4v) is 1.43. The number of nitrogens with one attached hydrogen (secondary N) is 1. The van der Waals surface area contributed by atoms with Gasteiger partial charge < -0.3 is 15.8 Å². The van der Waals surface area contributed by atoms with Crippen LogP contribution in [0.2, 0.25) is 0 Å². The topological polar surface area (TPSA) is 64.4 Å². The Morgan fingerprint density at radius 3 is 2.92 bits per heavy atom. The minimum absolute atomic E-state index is 0.0119. The van der Waals surface area contributed by atoms with Gasteiger partial charge in [-0.25, -0.2) is 0 Å². The number of carbonyl (C=O) groups is 1. The fourth-order valence-electron chi connectivity index (χ4n) is 1.43. The van der Waals surface area contributed by atoms with Crippen LogP contribution in [0.5, 0.6) is 0 Å². The van der Waals surface area contributed by atoms with Gasteiger partial charge in [-0.05, 0) is 19.3 Å². The van der Waals surface area contributed by atoms with Crippen molar-refractivity contribution in [3.8, 4) is 0 Å². The normalized spacial score (nSPS) is 27.5. The van der Waals surface area contributed by atoms with Gasteiger partial charge in [0.2, 0.25) is 5.91 Å². The summed E-state index contributed by atoms with van der Waals surface area (Å²) in [6.45, 7) is 3.27. The van der Waals surface area contributed by atoms with Crippen LogP contribution in [0.15, 0.2) is 0 Å². The second-order valence-corrected chi connectivity index (χ2v) is 3.35. The van der Waals surface area contributed by atoms with E-state index < -0.39 is 0 Å². The molecule has 0 bridgehead atoms. The van der Waals surface area contributed by atoms with E-state index in [9.17, 15) is 4.79 Å². The number of hydrogen-bond acceptors (Lipinski definition) is 3. The summed E-state index contributed by atoms with van der Waals surface area (Å²) in [6, 6.07) is 0. The lowest BCUT2D eigenvalue weighted by Crippen LogP contribution is -2.35. The molecule has 76 valence electrons. The highest BCUT2D eigenvalue weighted by atomic mass is 16.5. The summed E-state index contributed by atoms with van der Waals surface area (Å²) in [6.07, 6.45) is 2.48. The molecule has 0 aliphatic carbocycles. The first kappa shape index (κ1) is 10.5. The van der Waals surface area contributed by atoms with E-state index >= 15 is 0 Å². The Morgan fingerprint density at radius 1 is 1.62 bits per heavy atom. The summed E-state index contributed by atoms with van der Waals surface area (Å²) in [5.74, 6) is 0.0119. The van der Waals surface area contributed by atoms with Crippen LogP contribution in [0.3, 0.4) is 0 Å². The predicted molar refractivity (Wildman–Crippen MR) is 50.3 cm³/mol. The number of rotatable bonds is 4. The molecule has 3 N–H and O–H groups in total. The Kier molecular flexibility index (Phi) is 4.18. The molecular weight excluding hydrogens is 168 g/mol. The van der Waals surface area contributed by atoms with Crippen molar-refractivity contribution in [2.75, 3.05) is 13.1 Å². The minimum Gasteiger partial charge on any atom is -0.364 e. The standard InChI is InChI=1S/C9H18N2O2/c1-2-5-11-9(12)8-4-3-7(6-10)13-8/h7-8H,2-6,10H2,1H3,(H,11,12). The molecule has 2 atom stereocenters. The van der Waals surface area contributed by atoms with Gasteiger partial charge in [0.15, 0.2) is 0 Å². The van der Waals surface area contributed by atoms with Crippen molar-refractivity contribution < 1.29 is 9.53 Å². The lowest BCUT2D eigenvalue weighted by molar-refractivity contribution is -0.131. The van der Waals surface area contributed by atoms with Crippen LogP contribution in [0.4, 0.5) is 0 Å². The third-order valence-corrected chi connectivity index (χ3v) is 2.21. The van der Waals surface area contributed by atoms with Crippen molar-refractivity contribution in [2.24, 2.45) is 5.73 Å². The van der Waals surface area contributed by atoms with Gasteiger partial charge in [-0.15, -0.1) is 0 Å². The van der Waals surface area contributed by atoms with Crippen LogP contribution < -0.4 is 11.1 Å². The second-order valence-electron chi connectivity index (χ2n) is 3.35. The molecule has 13 heavy (non-hydrogen) atoms. The molecule has 0 saturated carbocycles. The van der Waals surface area contributed by atoms with E-state index in [-0.39, 0.29) is 18.1 Å². The highest BCUT2D eigenvalue weighted by Crippen LogP contribution is 2.18. The minimum atomic E-state index is -0.264. The maximum atomic E-state index is 11.4. The average Bonchev–Trinajstić information content (AvgIpc) is 2.62. The van der Waals surface area contributed by atoms with E-state index in [1.807, 2.05) is 6.92 Å². The molecule has 1 fully saturated rings. The first-order chi connectivity index (χ1) is 6.27. The van der Waals surface area contributed by atoms with Crippen molar-refractivity contribution in [2.45, 2.75) is 38.4 Å². The fraction of sp³-hybridized carbons (Fsp3) is 0.889. The zero-order valence-corrected chi connectivity index (χ0v) is 8.08. The summed E-state index contributed by atoms with van der Waals surface area (Å²) in [5, 5.41) is 2.81. The lowest BCUT2D eigenvalue weighted by Gasteiger charge is -2.11. The van der Waals surface area contributed by atoms with E-state index in [0.717, 1.165) is 25.8 Å². The average molecular weight is 186 g/mol. The first-order valence-corrected chi connectivity index (χ1v) is 4.91. The molecule has 1 heterocycles. The van der Waals surface area contributed by atoms with Crippen molar-refractivity contribution in [1.82, 2.24) is 5.32 Å². The number of ether oxygens (including phenoxy) is 1. The quantitative estimate of drug-likeness (QED) is 0.650.